The van der Waals surface area contributed by atoms with E-state index in [4.69, 9.17) is 4.74 Å². The normalized spacial score (nSPS) is 23.1. The third-order valence-electron chi connectivity index (χ3n) is 4.20. The van der Waals surface area contributed by atoms with Gasteiger partial charge in [-0.25, -0.2) is 0 Å². The number of nitrogens with zero attached hydrogens (tertiary/aromatic N) is 1. The van der Waals surface area contributed by atoms with E-state index >= 15 is 0 Å². The van der Waals surface area contributed by atoms with E-state index in [-0.39, 0.29) is 36.8 Å². The largest absolute Gasteiger partial charge is 0.459 e. The van der Waals surface area contributed by atoms with E-state index in [0.29, 0.717) is 12.8 Å². The molecule has 1 aliphatic heterocycles. The molecule has 2 atom stereocenters. The Balaban J connectivity index is 1.56. The number of amides is 2. The second kappa shape index (κ2) is 6.66. The molecule has 2 aliphatic rings. The topological polar surface area (TPSA) is 63.7 Å². The van der Waals surface area contributed by atoms with Crippen molar-refractivity contribution in [3.05, 3.63) is 46.5 Å². The highest BCUT2D eigenvalue weighted by Crippen LogP contribution is 2.34. The lowest BCUT2D eigenvalue weighted by atomic mass is 9.85. The summed E-state index contributed by atoms with van der Waals surface area (Å²) in [7, 11) is 0. The van der Waals surface area contributed by atoms with Crippen LogP contribution in [-0.4, -0.2) is 29.2 Å². The number of halogens is 1. The van der Waals surface area contributed by atoms with Gasteiger partial charge in [0.15, 0.2) is 0 Å². The molecule has 0 aromatic heterocycles. The summed E-state index contributed by atoms with van der Waals surface area (Å²) in [4.78, 5) is 37.5. The third kappa shape index (κ3) is 3.37. The third-order valence-corrected chi connectivity index (χ3v) is 4.73. The van der Waals surface area contributed by atoms with Crippen molar-refractivity contribution in [2.45, 2.75) is 19.4 Å². The second-order valence-electron chi connectivity index (χ2n) is 5.71. The van der Waals surface area contributed by atoms with E-state index in [0.717, 1.165) is 14.9 Å². The quantitative estimate of drug-likeness (QED) is 0.459. The van der Waals surface area contributed by atoms with Crippen LogP contribution in [0.15, 0.2) is 40.9 Å². The van der Waals surface area contributed by atoms with Gasteiger partial charge in [-0.2, -0.15) is 0 Å². The Morgan fingerprint density at radius 1 is 1.09 bits per heavy atom. The van der Waals surface area contributed by atoms with Crippen LogP contribution < -0.4 is 0 Å². The fraction of sp³-hybridized carbons (Fsp3) is 0.353. The minimum absolute atomic E-state index is 0.122. The highest BCUT2D eigenvalue weighted by atomic mass is 79.9. The summed E-state index contributed by atoms with van der Waals surface area (Å²) in [6, 6.07) is 7.39. The predicted molar refractivity (Wildman–Crippen MR) is 86.0 cm³/mol. The number of ether oxygens (including phenoxy) is 1. The molecule has 2 amide bonds. The predicted octanol–water partition coefficient (Wildman–Crippen LogP) is 2.44. The molecule has 1 fully saturated rings. The van der Waals surface area contributed by atoms with Crippen LogP contribution in [-0.2, 0) is 25.7 Å². The Morgan fingerprint density at radius 3 is 2.22 bits per heavy atom. The summed E-state index contributed by atoms with van der Waals surface area (Å²) in [5, 5.41) is 0. The van der Waals surface area contributed by atoms with Crippen molar-refractivity contribution in [3.63, 3.8) is 0 Å². The maximum Gasteiger partial charge on any atom is 0.326 e. The summed E-state index contributed by atoms with van der Waals surface area (Å²) in [6.07, 6.45) is 4.97. The van der Waals surface area contributed by atoms with Crippen LogP contribution >= 0.6 is 15.9 Å². The number of imide groups is 1. The Hall–Kier alpha value is -1.95. The molecule has 5 nitrogen and oxygen atoms in total. The molecule has 1 aromatic rings. The Bertz CT molecular complexity index is 642. The van der Waals surface area contributed by atoms with Gasteiger partial charge in [0, 0.05) is 4.47 Å². The Labute approximate surface area is 142 Å². The van der Waals surface area contributed by atoms with Gasteiger partial charge in [-0.05, 0) is 30.5 Å². The lowest BCUT2D eigenvalue weighted by molar-refractivity contribution is -0.153. The zero-order valence-corrected chi connectivity index (χ0v) is 14.0. The molecule has 1 aromatic carbocycles. The van der Waals surface area contributed by atoms with Crippen molar-refractivity contribution in [1.82, 2.24) is 4.90 Å². The SMILES string of the molecule is O=C(CN1C(=O)[C@@H]2CC=CC[C@H]2C1=O)OCc1ccc(Br)cc1. The Kier molecular flexibility index (Phi) is 4.61. The van der Waals surface area contributed by atoms with Crippen LogP contribution in [0.2, 0.25) is 0 Å². The smallest absolute Gasteiger partial charge is 0.326 e. The molecule has 1 aliphatic carbocycles. The van der Waals surface area contributed by atoms with Crippen molar-refractivity contribution in [2.24, 2.45) is 11.8 Å². The maximum absolute atomic E-state index is 12.3. The monoisotopic (exact) mass is 377 g/mol. The number of carbonyl (C=O) groups is 3. The van der Waals surface area contributed by atoms with Gasteiger partial charge in [0.2, 0.25) is 11.8 Å². The molecule has 6 heteroatoms. The second-order valence-corrected chi connectivity index (χ2v) is 6.62. The van der Waals surface area contributed by atoms with Crippen LogP contribution in [0.5, 0.6) is 0 Å². The lowest BCUT2D eigenvalue weighted by Gasteiger charge is -2.14. The maximum atomic E-state index is 12.3. The first kappa shape index (κ1) is 15.9. The lowest BCUT2D eigenvalue weighted by Crippen LogP contribution is -2.36. The molecule has 3 rings (SSSR count). The first-order valence-electron chi connectivity index (χ1n) is 7.46. The number of benzene rings is 1. The minimum atomic E-state index is -0.568. The highest BCUT2D eigenvalue weighted by Gasteiger charge is 2.47. The number of allylic oxidation sites excluding steroid dienone is 2. The first-order chi connectivity index (χ1) is 11.1. The van der Waals surface area contributed by atoms with Crippen molar-refractivity contribution < 1.29 is 19.1 Å². The van der Waals surface area contributed by atoms with Crippen LogP contribution in [0.4, 0.5) is 0 Å². The molecule has 0 N–H and O–H groups in total. The van der Waals surface area contributed by atoms with Gasteiger partial charge in [0.05, 0.1) is 11.8 Å². The van der Waals surface area contributed by atoms with Crippen LogP contribution in [0.25, 0.3) is 0 Å². The fourth-order valence-corrected chi connectivity index (χ4v) is 3.21. The molecular formula is C17H16BrNO4. The number of hydrogen-bond acceptors (Lipinski definition) is 4. The van der Waals surface area contributed by atoms with Gasteiger partial charge in [0.25, 0.3) is 0 Å². The standard InChI is InChI=1S/C17H16BrNO4/c18-12-7-5-11(6-8-12)10-23-15(20)9-19-16(21)13-3-1-2-4-14(13)17(19)22/h1-2,5-8,13-14H,3-4,9-10H2/t13-,14-/m1/s1. The van der Waals surface area contributed by atoms with Crippen molar-refractivity contribution in [3.8, 4) is 0 Å². The molecule has 1 saturated heterocycles. The van der Waals surface area contributed by atoms with Gasteiger partial charge >= 0.3 is 5.97 Å². The zero-order chi connectivity index (χ0) is 16.4. The van der Waals surface area contributed by atoms with E-state index in [1.807, 2.05) is 36.4 Å². The number of esters is 1. The van der Waals surface area contributed by atoms with Gasteiger partial charge in [-0.3, -0.25) is 19.3 Å². The molecule has 1 heterocycles. The van der Waals surface area contributed by atoms with Crippen molar-refractivity contribution >= 4 is 33.7 Å². The van der Waals surface area contributed by atoms with Crippen LogP contribution in [0.1, 0.15) is 18.4 Å². The molecule has 0 bridgehead atoms. The number of carbonyl (C=O) groups excluding carboxylic acids is 3. The molecule has 0 unspecified atom stereocenters. The number of fused-ring (bicyclic) bond motifs is 1. The van der Waals surface area contributed by atoms with Gasteiger partial charge < -0.3 is 4.74 Å². The molecule has 23 heavy (non-hydrogen) atoms. The molecule has 0 spiro atoms. The van der Waals surface area contributed by atoms with Crippen LogP contribution in [0.3, 0.4) is 0 Å². The van der Waals surface area contributed by atoms with Crippen LogP contribution in [0, 0.1) is 11.8 Å². The summed E-state index contributed by atoms with van der Waals surface area (Å²) in [6.45, 7) is -0.183. The van der Waals surface area contributed by atoms with E-state index in [1.54, 1.807) is 0 Å². The van der Waals surface area contributed by atoms with E-state index in [2.05, 4.69) is 15.9 Å². The van der Waals surface area contributed by atoms with Gasteiger partial charge in [-0.15, -0.1) is 0 Å². The van der Waals surface area contributed by atoms with Gasteiger partial charge in [0.1, 0.15) is 13.2 Å². The highest BCUT2D eigenvalue weighted by molar-refractivity contribution is 9.10. The molecule has 120 valence electrons. The summed E-state index contributed by atoms with van der Waals surface area (Å²) in [5.74, 6) is -1.71. The average molecular weight is 378 g/mol. The number of hydrogen-bond donors (Lipinski definition) is 0. The first-order valence-corrected chi connectivity index (χ1v) is 8.26. The molecule has 0 saturated carbocycles. The summed E-state index contributed by atoms with van der Waals surface area (Å²) >= 11 is 3.33. The van der Waals surface area contributed by atoms with Crippen molar-refractivity contribution in [1.29, 1.82) is 0 Å². The molecule has 0 radical (unpaired) electrons. The average Bonchev–Trinajstić information content (AvgIpc) is 2.80. The minimum Gasteiger partial charge on any atom is -0.459 e. The summed E-state index contributed by atoms with van der Waals surface area (Å²) < 4.78 is 6.11. The van der Waals surface area contributed by atoms with E-state index in [9.17, 15) is 14.4 Å². The van der Waals surface area contributed by atoms with E-state index in [1.165, 1.54) is 0 Å². The van der Waals surface area contributed by atoms with Gasteiger partial charge in [-0.1, -0.05) is 40.2 Å². The van der Waals surface area contributed by atoms with Crippen molar-refractivity contribution in [2.75, 3.05) is 6.54 Å². The number of rotatable bonds is 4. The molecular weight excluding hydrogens is 362 g/mol. The summed E-state index contributed by atoms with van der Waals surface area (Å²) in [5.41, 5.74) is 0.846. The fourth-order valence-electron chi connectivity index (χ4n) is 2.94. The Morgan fingerprint density at radius 2 is 1.65 bits per heavy atom. The zero-order valence-electron chi connectivity index (χ0n) is 12.4. The number of likely N-dealkylation sites (tertiary alicyclic amines) is 1. The van der Waals surface area contributed by atoms with E-state index < -0.39 is 5.97 Å².